The molecule has 26 heavy (non-hydrogen) atoms. The summed E-state index contributed by atoms with van der Waals surface area (Å²) in [4.78, 5) is 28.7. The van der Waals surface area contributed by atoms with Gasteiger partial charge >= 0.3 is 6.03 Å². The van der Waals surface area contributed by atoms with Crippen molar-refractivity contribution < 1.29 is 14.7 Å². The first-order valence-corrected chi connectivity index (χ1v) is 8.44. The first-order chi connectivity index (χ1) is 12.5. The summed E-state index contributed by atoms with van der Waals surface area (Å²) in [7, 11) is 1.68. The Hall–Kier alpha value is -3.28. The number of phenols is 1. The third-order valence-corrected chi connectivity index (χ3v) is 4.88. The van der Waals surface area contributed by atoms with Crippen LogP contribution in [0.15, 0.2) is 65.9 Å². The van der Waals surface area contributed by atoms with Crippen molar-refractivity contribution in [2.75, 3.05) is 13.6 Å². The van der Waals surface area contributed by atoms with Crippen LogP contribution in [0.1, 0.15) is 17.2 Å². The molecule has 132 valence electrons. The van der Waals surface area contributed by atoms with E-state index in [2.05, 4.69) is 5.32 Å². The molecule has 0 unspecified atom stereocenters. The van der Waals surface area contributed by atoms with Crippen LogP contribution < -0.4 is 5.32 Å². The molecule has 6 heteroatoms. The van der Waals surface area contributed by atoms with Crippen molar-refractivity contribution in [1.29, 1.82) is 0 Å². The van der Waals surface area contributed by atoms with Crippen LogP contribution in [0.3, 0.4) is 0 Å². The average molecular weight is 349 g/mol. The number of carbonyl (C=O) groups is 2. The van der Waals surface area contributed by atoms with Gasteiger partial charge in [-0.15, -0.1) is 0 Å². The minimum atomic E-state index is -0.512. The number of nitrogens with one attached hydrogen (secondary N) is 1. The van der Waals surface area contributed by atoms with Crippen molar-refractivity contribution in [3.05, 3.63) is 77.0 Å². The molecule has 4 rings (SSSR count). The maximum absolute atomic E-state index is 13.1. The Morgan fingerprint density at radius 1 is 1.08 bits per heavy atom. The lowest BCUT2D eigenvalue weighted by atomic mass is 9.95. The maximum Gasteiger partial charge on any atom is 0.322 e. The van der Waals surface area contributed by atoms with Gasteiger partial charge in [0.05, 0.1) is 23.9 Å². The van der Waals surface area contributed by atoms with Crippen LogP contribution >= 0.6 is 0 Å². The Kier molecular flexibility index (Phi) is 3.88. The van der Waals surface area contributed by atoms with Crippen molar-refractivity contribution in [3.63, 3.8) is 0 Å². The van der Waals surface area contributed by atoms with Gasteiger partial charge in [-0.25, -0.2) is 4.79 Å². The van der Waals surface area contributed by atoms with Gasteiger partial charge in [-0.3, -0.25) is 9.69 Å². The molecule has 0 aromatic heterocycles. The molecule has 2 aliphatic heterocycles. The summed E-state index contributed by atoms with van der Waals surface area (Å²) in [6.45, 7) is 0.901. The van der Waals surface area contributed by atoms with Gasteiger partial charge in [-0.2, -0.15) is 0 Å². The molecule has 0 aliphatic carbocycles. The monoisotopic (exact) mass is 349 g/mol. The minimum absolute atomic E-state index is 0.0752. The summed E-state index contributed by atoms with van der Waals surface area (Å²) >= 11 is 0. The first kappa shape index (κ1) is 16.2. The second kappa shape index (κ2) is 6.22. The number of hydrogen-bond acceptors (Lipinski definition) is 3. The second-order valence-corrected chi connectivity index (χ2v) is 6.54. The SMILES string of the molecule is CN1C(=O)N[C@@H](c2ccc(O)cc2)C2=C1CN(Cc1ccccc1)C2=O. The topological polar surface area (TPSA) is 72.9 Å². The number of phenolic OH excluding ortho intramolecular Hbond substituents is 1. The van der Waals surface area contributed by atoms with E-state index >= 15 is 0 Å². The van der Waals surface area contributed by atoms with E-state index in [-0.39, 0.29) is 17.7 Å². The van der Waals surface area contributed by atoms with E-state index in [4.69, 9.17) is 0 Å². The van der Waals surface area contributed by atoms with E-state index < -0.39 is 6.04 Å². The molecule has 3 amide bonds. The molecule has 2 aromatic rings. The standard InChI is InChI=1S/C20H19N3O3/c1-22-16-12-23(11-13-5-3-2-4-6-13)19(25)17(16)18(21-20(22)26)14-7-9-15(24)10-8-14/h2-10,18,24H,11-12H2,1H3,(H,21,26)/t18-/m0/s1. The molecule has 0 saturated carbocycles. The van der Waals surface area contributed by atoms with Gasteiger partial charge in [0.2, 0.25) is 0 Å². The molecular formula is C20H19N3O3. The normalized spacial score (nSPS) is 19.7. The highest BCUT2D eigenvalue weighted by Gasteiger charge is 2.42. The van der Waals surface area contributed by atoms with Gasteiger partial charge in [-0.1, -0.05) is 42.5 Å². The average Bonchev–Trinajstić information content (AvgIpc) is 2.97. The minimum Gasteiger partial charge on any atom is -0.508 e. The molecular weight excluding hydrogens is 330 g/mol. The van der Waals surface area contributed by atoms with Gasteiger partial charge in [0.15, 0.2) is 0 Å². The Labute approximate surface area is 151 Å². The van der Waals surface area contributed by atoms with Gasteiger partial charge in [-0.05, 0) is 23.3 Å². The maximum atomic E-state index is 13.1. The molecule has 0 saturated heterocycles. The number of hydrogen-bond donors (Lipinski definition) is 2. The first-order valence-electron chi connectivity index (χ1n) is 8.44. The van der Waals surface area contributed by atoms with Crippen molar-refractivity contribution in [3.8, 4) is 5.75 Å². The van der Waals surface area contributed by atoms with Crippen LogP contribution in [0.5, 0.6) is 5.75 Å². The van der Waals surface area contributed by atoms with Gasteiger partial charge in [0, 0.05) is 13.6 Å². The third kappa shape index (κ3) is 2.69. The lowest BCUT2D eigenvalue weighted by molar-refractivity contribution is -0.126. The van der Waals surface area contributed by atoms with Crippen LogP contribution in [-0.4, -0.2) is 40.4 Å². The zero-order chi connectivity index (χ0) is 18.3. The predicted octanol–water partition coefficient (Wildman–Crippen LogP) is 2.38. The molecule has 6 nitrogen and oxygen atoms in total. The summed E-state index contributed by atoms with van der Waals surface area (Å²) in [6, 6.07) is 15.6. The molecule has 0 spiro atoms. The molecule has 0 bridgehead atoms. The third-order valence-electron chi connectivity index (χ3n) is 4.88. The highest BCUT2D eigenvalue weighted by Crippen LogP contribution is 2.36. The van der Waals surface area contributed by atoms with E-state index in [1.54, 1.807) is 36.2 Å². The van der Waals surface area contributed by atoms with Gasteiger partial charge < -0.3 is 15.3 Å². The fraction of sp³-hybridized carbons (Fsp3) is 0.200. The van der Waals surface area contributed by atoms with Crippen LogP contribution in [0.2, 0.25) is 0 Å². The van der Waals surface area contributed by atoms with Crippen LogP contribution in [-0.2, 0) is 11.3 Å². The summed E-state index contributed by atoms with van der Waals surface area (Å²) < 4.78 is 0. The Morgan fingerprint density at radius 3 is 2.46 bits per heavy atom. The van der Waals surface area contributed by atoms with E-state index in [9.17, 15) is 14.7 Å². The van der Waals surface area contributed by atoms with Crippen LogP contribution in [0.4, 0.5) is 4.79 Å². The lowest BCUT2D eigenvalue weighted by Crippen LogP contribution is -2.45. The number of rotatable bonds is 3. The van der Waals surface area contributed by atoms with Gasteiger partial charge in [0.25, 0.3) is 5.91 Å². The number of benzene rings is 2. The van der Waals surface area contributed by atoms with Gasteiger partial charge in [0.1, 0.15) is 5.75 Å². The highest BCUT2D eigenvalue weighted by atomic mass is 16.3. The van der Waals surface area contributed by atoms with Crippen molar-refractivity contribution >= 4 is 11.9 Å². The number of amides is 3. The van der Waals surface area contributed by atoms with Crippen molar-refractivity contribution in [2.45, 2.75) is 12.6 Å². The smallest absolute Gasteiger partial charge is 0.322 e. The zero-order valence-electron chi connectivity index (χ0n) is 14.3. The van der Waals surface area contributed by atoms with E-state index in [0.29, 0.717) is 18.7 Å². The lowest BCUT2D eigenvalue weighted by Gasteiger charge is -2.31. The Morgan fingerprint density at radius 2 is 1.77 bits per heavy atom. The van der Waals surface area contributed by atoms with Crippen LogP contribution in [0, 0.1) is 0 Å². The molecule has 2 heterocycles. The molecule has 2 aromatic carbocycles. The zero-order valence-corrected chi connectivity index (χ0v) is 14.3. The van der Waals surface area contributed by atoms with Crippen molar-refractivity contribution in [1.82, 2.24) is 15.1 Å². The molecule has 1 atom stereocenters. The summed E-state index contributed by atoms with van der Waals surface area (Å²) in [5.74, 6) is 0.0689. The Balaban J connectivity index is 1.67. The highest BCUT2D eigenvalue weighted by molar-refractivity contribution is 6.01. The molecule has 2 N–H and O–H groups in total. The number of carbonyl (C=O) groups excluding carboxylic acids is 2. The van der Waals surface area contributed by atoms with Crippen molar-refractivity contribution in [2.24, 2.45) is 0 Å². The van der Waals surface area contributed by atoms with E-state index in [0.717, 1.165) is 16.8 Å². The number of urea groups is 1. The number of aromatic hydroxyl groups is 1. The summed E-state index contributed by atoms with van der Waals surface area (Å²) in [5, 5.41) is 12.4. The molecule has 2 aliphatic rings. The summed E-state index contributed by atoms with van der Waals surface area (Å²) in [5.41, 5.74) is 3.14. The number of likely N-dealkylation sites (N-methyl/N-ethyl adjacent to an activating group) is 1. The largest absolute Gasteiger partial charge is 0.508 e. The second-order valence-electron chi connectivity index (χ2n) is 6.54. The quantitative estimate of drug-likeness (QED) is 0.894. The fourth-order valence-corrected chi connectivity index (χ4v) is 3.47. The predicted molar refractivity (Wildman–Crippen MR) is 96.0 cm³/mol. The number of nitrogens with zero attached hydrogens (tertiary/aromatic N) is 2. The van der Waals surface area contributed by atoms with Crippen LogP contribution in [0.25, 0.3) is 0 Å². The summed E-state index contributed by atoms with van der Waals surface area (Å²) in [6.07, 6.45) is 0. The fourth-order valence-electron chi connectivity index (χ4n) is 3.47. The van der Waals surface area contributed by atoms with E-state index in [1.807, 2.05) is 30.3 Å². The molecule has 0 radical (unpaired) electrons. The molecule has 0 fully saturated rings. The Bertz CT molecular complexity index is 890. The van der Waals surface area contributed by atoms with E-state index in [1.165, 1.54) is 4.90 Å².